The van der Waals surface area contributed by atoms with E-state index in [1.54, 1.807) is 0 Å². The van der Waals surface area contributed by atoms with Gasteiger partial charge in [0.2, 0.25) is 0 Å². The molecular weight excluding hydrogens is 311 g/mol. The normalized spacial score (nSPS) is 11.4. The lowest BCUT2D eigenvalue weighted by molar-refractivity contribution is -0.143. The molecule has 0 fully saturated rings. The molecule has 0 radical (unpaired) electrons. The Labute approximate surface area is 121 Å². The van der Waals surface area contributed by atoms with Crippen molar-refractivity contribution in [3.63, 3.8) is 0 Å². The van der Waals surface area contributed by atoms with Gasteiger partial charge in [-0.15, -0.1) is 0 Å². The van der Waals surface area contributed by atoms with Crippen LogP contribution in [-0.2, 0) is 6.18 Å². The van der Waals surface area contributed by atoms with Gasteiger partial charge in [0, 0.05) is 9.92 Å². The average molecular weight is 318 g/mol. The molecule has 0 spiro atoms. The van der Waals surface area contributed by atoms with Gasteiger partial charge in [-0.1, -0.05) is 23.4 Å². The molecule has 2 aromatic rings. The summed E-state index contributed by atoms with van der Waals surface area (Å²) in [7, 11) is 0. The minimum atomic E-state index is -4.51. The quantitative estimate of drug-likeness (QED) is 0.892. The van der Waals surface area contributed by atoms with Crippen LogP contribution in [0, 0.1) is 18.3 Å². The fraction of sp³-hybridized carbons (Fsp3) is 0.167. The number of benzene rings is 1. The highest BCUT2D eigenvalue weighted by molar-refractivity contribution is 7.99. The molecule has 0 saturated carbocycles. The number of rotatable bonds is 2. The zero-order chi connectivity index (χ0) is 14.9. The number of aryl methyl sites for hydroxylation is 1. The van der Waals surface area contributed by atoms with Crippen LogP contribution in [0.15, 0.2) is 28.1 Å². The predicted octanol–water partition coefficient (Wildman–Crippen LogP) is 4.41. The highest BCUT2D eigenvalue weighted by Gasteiger charge is 2.36. The maximum atomic E-state index is 12.8. The number of nitrogens with zero attached hydrogens (tertiary/aromatic N) is 2. The molecule has 104 valence electrons. The number of nitriles is 1. The monoisotopic (exact) mass is 317 g/mol. The fourth-order valence-electron chi connectivity index (χ4n) is 1.53. The largest absolute Gasteiger partial charge is 0.433 e. The molecular formula is C12H7ClF3N3S. The Kier molecular flexibility index (Phi) is 3.97. The van der Waals surface area contributed by atoms with Crippen molar-refractivity contribution in [1.82, 2.24) is 9.97 Å². The van der Waals surface area contributed by atoms with E-state index >= 15 is 0 Å². The predicted molar refractivity (Wildman–Crippen MR) is 68.6 cm³/mol. The number of aromatic nitrogens is 2. The second-order valence-corrected chi connectivity index (χ2v) is 5.39. The first-order chi connectivity index (χ1) is 9.29. The zero-order valence-corrected chi connectivity index (χ0v) is 11.6. The lowest BCUT2D eigenvalue weighted by atomic mass is 10.2. The molecule has 0 unspecified atom stereocenters. The van der Waals surface area contributed by atoms with E-state index < -0.39 is 11.9 Å². The average Bonchev–Trinajstić information content (AvgIpc) is 2.69. The van der Waals surface area contributed by atoms with Crippen molar-refractivity contribution in [2.75, 3.05) is 0 Å². The molecule has 1 aromatic carbocycles. The second-order valence-electron chi connectivity index (χ2n) is 3.89. The van der Waals surface area contributed by atoms with Crippen molar-refractivity contribution >= 4 is 23.4 Å². The lowest BCUT2D eigenvalue weighted by Gasteiger charge is -2.06. The molecule has 0 amide bonds. The van der Waals surface area contributed by atoms with Gasteiger partial charge in [0.15, 0.2) is 5.69 Å². The summed E-state index contributed by atoms with van der Waals surface area (Å²) in [6, 6.07) is 6.27. The molecule has 1 aromatic heterocycles. The lowest BCUT2D eigenvalue weighted by Crippen LogP contribution is -2.07. The summed E-state index contributed by atoms with van der Waals surface area (Å²) < 4.78 is 38.5. The van der Waals surface area contributed by atoms with Crippen LogP contribution in [0.4, 0.5) is 13.2 Å². The number of H-pyrrole nitrogens is 1. The minimum Gasteiger partial charge on any atom is -0.338 e. The van der Waals surface area contributed by atoms with Gasteiger partial charge in [-0.2, -0.15) is 18.4 Å². The van der Waals surface area contributed by atoms with E-state index in [0.29, 0.717) is 4.90 Å². The SMILES string of the molecule is Cc1nc(Sc2cc(Cl)cc(C#N)c2)c(C(F)(F)F)[nH]1. The topological polar surface area (TPSA) is 52.5 Å². The van der Waals surface area contributed by atoms with Crippen molar-refractivity contribution < 1.29 is 13.2 Å². The van der Waals surface area contributed by atoms with Crippen molar-refractivity contribution in [3.8, 4) is 6.07 Å². The summed E-state index contributed by atoms with van der Waals surface area (Å²) in [5, 5.41) is 8.91. The van der Waals surface area contributed by atoms with Gasteiger partial charge in [-0.3, -0.25) is 0 Å². The van der Waals surface area contributed by atoms with Gasteiger partial charge in [-0.05, 0) is 25.1 Å². The summed E-state index contributed by atoms with van der Waals surface area (Å²) in [4.78, 5) is 6.43. The molecule has 0 aliphatic heterocycles. The van der Waals surface area contributed by atoms with E-state index in [4.69, 9.17) is 16.9 Å². The van der Waals surface area contributed by atoms with Crippen LogP contribution in [0.3, 0.4) is 0 Å². The molecule has 0 aliphatic carbocycles. The Hall–Kier alpha value is -1.65. The maximum Gasteiger partial charge on any atom is 0.433 e. The number of hydrogen-bond acceptors (Lipinski definition) is 3. The fourth-order valence-corrected chi connectivity index (χ4v) is 2.88. The van der Waals surface area contributed by atoms with Gasteiger partial charge in [0.05, 0.1) is 11.6 Å². The Bertz CT molecular complexity index is 688. The Balaban J connectivity index is 2.41. The standard InChI is InChI=1S/C12H7ClF3N3S/c1-6-18-10(12(14,15)16)11(19-6)20-9-3-7(5-17)2-8(13)4-9/h2-4H,1H3,(H,18,19). The molecule has 0 aliphatic rings. The third kappa shape index (κ3) is 3.26. The van der Waals surface area contributed by atoms with Gasteiger partial charge in [0.1, 0.15) is 10.9 Å². The summed E-state index contributed by atoms with van der Waals surface area (Å²) >= 11 is 6.62. The van der Waals surface area contributed by atoms with E-state index in [-0.39, 0.29) is 21.4 Å². The Morgan fingerprint density at radius 1 is 1.35 bits per heavy atom. The summed E-state index contributed by atoms with van der Waals surface area (Å²) in [6.45, 7) is 1.44. The van der Waals surface area contributed by atoms with Crippen molar-refractivity contribution in [2.45, 2.75) is 23.0 Å². The number of aromatic amines is 1. The Morgan fingerprint density at radius 2 is 2.05 bits per heavy atom. The first-order valence-corrected chi connectivity index (χ1v) is 6.51. The van der Waals surface area contributed by atoms with Crippen LogP contribution in [-0.4, -0.2) is 9.97 Å². The smallest absolute Gasteiger partial charge is 0.338 e. The van der Waals surface area contributed by atoms with Gasteiger partial charge < -0.3 is 4.98 Å². The van der Waals surface area contributed by atoms with Crippen LogP contribution in [0.2, 0.25) is 5.02 Å². The number of imidazole rings is 1. The summed E-state index contributed by atoms with van der Waals surface area (Å²) in [5.74, 6) is 0.169. The molecule has 0 saturated heterocycles. The summed E-state index contributed by atoms with van der Waals surface area (Å²) in [6.07, 6.45) is -4.51. The number of hydrogen-bond donors (Lipinski definition) is 1. The van der Waals surface area contributed by atoms with Crippen LogP contribution >= 0.6 is 23.4 Å². The molecule has 1 N–H and O–H groups in total. The van der Waals surface area contributed by atoms with Crippen LogP contribution < -0.4 is 0 Å². The van der Waals surface area contributed by atoms with Crippen LogP contribution in [0.5, 0.6) is 0 Å². The van der Waals surface area contributed by atoms with Crippen LogP contribution in [0.25, 0.3) is 0 Å². The van der Waals surface area contributed by atoms with Gasteiger partial charge in [-0.25, -0.2) is 4.98 Å². The maximum absolute atomic E-state index is 12.8. The first kappa shape index (κ1) is 14.8. The molecule has 2 rings (SSSR count). The first-order valence-electron chi connectivity index (χ1n) is 5.32. The number of alkyl halides is 3. The molecule has 20 heavy (non-hydrogen) atoms. The third-order valence-corrected chi connectivity index (χ3v) is 3.47. The van der Waals surface area contributed by atoms with Crippen molar-refractivity contribution in [2.24, 2.45) is 0 Å². The van der Waals surface area contributed by atoms with Crippen LogP contribution in [0.1, 0.15) is 17.1 Å². The van der Waals surface area contributed by atoms with E-state index in [0.717, 1.165) is 11.8 Å². The van der Waals surface area contributed by atoms with E-state index in [2.05, 4.69) is 9.97 Å². The molecule has 1 heterocycles. The van der Waals surface area contributed by atoms with E-state index in [1.165, 1.54) is 25.1 Å². The Morgan fingerprint density at radius 3 is 2.65 bits per heavy atom. The van der Waals surface area contributed by atoms with Crippen molar-refractivity contribution in [3.05, 3.63) is 40.3 Å². The van der Waals surface area contributed by atoms with Gasteiger partial charge >= 0.3 is 6.18 Å². The zero-order valence-electron chi connectivity index (χ0n) is 10.0. The second kappa shape index (κ2) is 5.38. The van der Waals surface area contributed by atoms with E-state index in [9.17, 15) is 13.2 Å². The van der Waals surface area contributed by atoms with Crippen molar-refractivity contribution in [1.29, 1.82) is 5.26 Å². The molecule has 0 bridgehead atoms. The molecule has 3 nitrogen and oxygen atoms in total. The summed E-state index contributed by atoms with van der Waals surface area (Å²) in [5.41, 5.74) is -0.626. The minimum absolute atomic E-state index is 0.169. The molecule has 0 atom stereocenters. The van der Waals surface area contributed by atoms with Gasteiger partial charge in [0.25, 0.3) is 0 Å². The molecule has 8 heteroatoms. The number of halogens is 4. The highest BCUT2D eigenvalue weighted by atomic mass is 35.5. The third-order valence-electron chi connectivity index (χ3n) is 2.29. The highest BCUT2D eigenvalue weighted by Crippen LogP contribution is 2.38. The number of nitrogens with one attached hydrogen (secondary N) is 1. The van der Waals surface area contributed by atoms with E-state index in [1.807, 2.05) is 6.07 Å².